The molecule has 0 saturated carbocycles. The Morgan fingerprint density at radius 1 is 1.21 bits per heavy atom. The summed E-state index contributed by atoms with van der Waals surface area (Å²) in [6, 6.07) is -0.547. The summed E-state index contributed by atoms with van der Waals surface area (Å²) < 4.78 is 22.9. The first-order valence-corrected chi connectivity index (χ1v) is 12.0. The van der Waals surface area contributed by atoms with E-state index < -0.39 is 16.3 Å². The predicted octanol–water partition coefficient (Wildman–Crippen LogP) is 1.94. The van der Waals surface area contributed by atoms with Crippen molar-refractivity contribution in [2.45, 2.75) is 69.9 Å². The number of hydrogen-bond donors (Lipinski definition) is 4. The minimum Gasteiger partial charge on any atom is -0.472 e. The molecule has 2 aromatic rings. The van der Waals surface area contributed by atoms with Crippen LogP contribution >= 0.6 is 0 Å². The molecular weight excluding hydrogens is 390 g/mol. The van der Waals surface area contributed by atoms with Crippen molar-refractivity contribution in [3.05, 3.63) is 34.0 Å². The summed E-state index contributed by atoms with van der Waals surface area (Å²) >= 11 is 0. The Morgan fingerprint density at radius 3 is 2.48 bits per heavy atom. The SMILES string of the molecule is Cc1c2c(c(NC(=O)N[SH](N)(=O)c3cnn4c3O[C@H](C)C4)c3c1CCC3)CCC2. The van der Waals surface area contributed by atoms with E-state index in [1.54, 1.807) is 4.68 Å². The first-order chi connectivity index (χ1) is 13.8. The summed E-state index contributed by atoms with van der Waals surface area (Å²) in [6.45, 7) is 4.68. The second-order valence-corrected chi connectivity index (χ2v) is 10.3. The fourth-order valence-corrected chi connectivity index (χ4v) is 6.20. The van der Waals surface area contributed by atoms with Gasteiger partial charge in [0.05, 0.1) is 12.7 Å². The number of nitrogens with one attached hydrogen (secondary N) is 2. The van der Waals surface area contributed by atoms with Crippen LogP contribution in [0.4, 0.5) is 10.5 Å². The molecule has 2 amide bonds. The molecule has 1 aliphatic heterocycles. The van der Waals surface area contributed by atoms with Gasteiger partial charge in [0, 0.05) is 16.0 Å². The molecule has 0 fully saturated rings. The van der Waals surface area contributed by atoms with Crippen LogP contribution in [0.25, 0.3) is 0 Å². The monoisotopic (exact) mass is 417 g/mol. The summed E-state index contributed by atoms with van der Waals surface area (Å²) in [5.74, 6) is 0.376. The molecule has 0 radical (unpaired) electrons. The minimum absolute atomic E-state index is 0.0657. The number of benzene rings is 1. The van der Waals surface area contributed by atoms with E-state index in [0.717, 1.165) is 44.2 Å². The van der Waals surface area contributed by atoms with Gasteiger partial charge in [-0.25, -0.2) is 13.7 Å². The largest absolute Gasteiger partial charge is 0.472 e. The number of nitrogens with two attached hydrogens (primary N) is 1. The lowest BCUT2D eigenvalue weighted by atomic mass is 9.93. The van der Waals surface area contributed by atoms with E-state index >= 15 is 0 Å². The van der Waals surface area contributed by atoms with Crippen LogP contribution in [-0.2, 0) is 42.5 Å². The topological polar surface area (TPSA) is 111 Å². The maximum Gasteiger partial charge on any atom is 0.330 e. The summed E-state index contributed by atoms with van der Waals surface area (Å²) in [4.78, 5) is 13.1. The minimum atomic E-state index is -3.68. The number of anilines is 1. The molecule has 1 aromatic carbocycles. The smallest absolute Gasteiger partial charge is 0.330 e. The molecule has 0 unspecified atom stereocenters. The number of fused-ring (bicyclic) bond motifs is 3. The highest BCUT2D eigenvalue weighted by molar-refractivity contribution is 7.99. The number of thiol groups is 1. The molecule has 156 valence electrons. The van der Waals surface area contributed by atoms with E-state index in [4.69, 9.17) is 9.88 Å². The van der Waals surface area contributed by atoms with E-state index in [2.05, 4.69) is 22.1 Å². The summed E-state index contributed by atoms with van der Waals surface area (Å²) in [7, 11) is -3.68. The standard InChI is InChI=1S/C20H27N5O3S/c1-11-10-25-19(28-11)17(9-22-25)29(21,27)24-20(26)23-18-15-7-3-5-13(15)12(2)14-6-4-8-16(14)18/h9,11,29H,3-8,10H2,1-2H3,(H4,21,23,24,26,27)/t11-/m1/s1. The molecule has 4 N–H and O–H groups in total. The van der Waals surface area contributed by atoms with Gasteiger partial charge in [0.2, 0.25) is 5.88 Å². The van der Waals surface area contributed by atoms with Gasteiger partial charge >= 0.3 is 6.03 Å². The predicted molar refractivity (Wildman–Crippen MR) is 112 cm³/mol. The maximum atomic E-state index is 13.1. The Morgan fingerprint density at radius 2 is 1.83 bits per heavy atom. The third-order valence-corrected chi connectivity index (χ3v) is 7.88. The number of carbonyl (C=O) groups is 1. The van der Waals surface area contributed by atoms with Crippen LogP contribution in [0.2, 0.25) is 0 Å². The molecule has 8 nitrogen and oxygen atoms in total. The van der Waals surface area contributed by atoms with Crippen LogP contribution in [-0.4, -0.2) is 26.1 Å². The van der Waals surface area contributed by atoms with E-state index in [-0.39, 0.29) is 11.0 Å². The number of carbonyl (C=O) groups excluding carboxylic acids is 1. The average Bonchev–Trinajstić information content (AvgIpc) is 3.40. The quantitative estimate of drug-likeness (QED) is 0.572. The zero-order valence-electron chi connectivity index (χ0n) is 16.7. The van der Waals surface area contributed by atoms with Gasteiger partial charge in [0.25, 0.3) is 0 Å². The molecule has 3 aliphatic rings. The Labute approximate surface area is 170 Å². The van der Waals surface area contributed by atoms with Crippen LogP contribution in [0.5, 0.6) is 5.88 Å². The maximum absolute atomic E-state index is 13.1. The Hall–Kier alpha value is -2.39. The van der Waals surface area contributed by atoms with Crippen molar-refractivity contribution in [3.63, 3.8) is 0 Å². The van der Waals surface area contributed by atoms with Crippen LogP contribution < -0.4 is 19.9 Å². The zero-order chi connectivity index (χ0) is 20.3. The van der Waals surface area contributed by atoms with Crippen molar-refractivity contribution in [3.8, 4) is 5.88 Å². The number of hydrogen-bond acceptors (Lipinski definition) is 4. The van der Waals surface area contributed by atoms with Crippen molar-refractivity contribution in [1.29, 1.82) is 0 Å². The number of rotatable bonds is 3. The Kier molecular flexibility index (Phi) is 4.22. The highest BCUT2D eigenvalue weighted by Crippen LogP contribution is 2.41. The van der Waals surface area contributed by atoms with Gasteiger partial charge in [-0.1, -0.05) is 0 Å². The second-order valence-electron chi connectivity index (χ2n) is 8.29. The highest BCUT2D eigenvalue weighted by Gasteiger charge is 2.31. The molecule has 2 aliphatic carbocycles. The number of aromatic nitrogens is 2. The first kappa shape index (κ1) is 18.6. The lowest BCUT2D eigenvalue weighted by molar-refractivity contribution is 0.248. The van der Waals surface area contributed by atoms with Gasteiger partial charge in [-0.3, -0.25) is 9.86 Å². The van der Waals surface area contributed by atoms with E-state index in [1.807, 2.05) is 6.92 Å². The van der Waals surface area contributed by atoms with Crippen LogP contribution in [0.3, 0.4) is 0 Å². The summed E-state index contributed by atoms with van der Waals surface area (Å²) in [5, 5.41) is 13.2. The lowest BCUT2D eigenvalue weighted by Gasteiger charge is -2.23. The number of ether oxygens (including phenoxy) is 1. The van der Waals surface area contributed by atoms with Crippen molar-refractivity contribution in [1.82, 2.24) is 14.5 Å². The molecule has 0 spiro atoms. The first-order valence-electron chi connectivity index (χ1n) is 10.2. The fraction of sp³-hybridized carbons (Fsp3) is 0.500. The third kappa shape index (κ3) is 2.95. The van der Waals surface area contributed by atoms with Gasteiger partial charge in [0.1, 0.15) is 11.0 Å². The average molecular weight is 418 g/mol. The molecule has 9 heteroatoms. The Bertz CT molecular complexity index is 1040. The molecule has 2 heterocycles. The van der Waals surface area contributed by atoms with Crippen LogP contribution in [0, 0.1) is 6.92 Å². The van der Waals surface area contributed by atoms with E-state index in [9.17, 15) is 9.00 Å². The van der Waals surface area contributed by atoms with Gasteiger partial charge in [-0.15, -0.1) is 0 Å². The van der Waals surface area contributed by atoms with Crippen molar-refractivity contribution < 1.29 is 13.7 Å². The summed E-state index contributed by atoms with van der Waals surface area (Å²) in [6.07, 6.45) is 7.58. The fourth-order valence-electron chi connectivity index (χ4n) is 5.05. The number of amides is 2. The van der Waals surface area contributed by atoms with Gasteiger partial charge in [0.15, 0.2) is 0 Å². The Balaban J connectivity index is 1.42. The van der Waals surface area contributed by atoms with Crippen LogP contribution in [0.1, 0.15) is 47.6 Å². The van der Waals surface area contributed by atoms with E-state index in [1.165, 1.54) is 34.0 Å². The molecule has 0 bridgehead atoms. The van der Waals surface area contributed by atoms with Crippen molar-refractivity contribution in [2.24, 2.45) is 5.14 Å². The molecule has 0 saturated heterocycles. The summed E-state index contributed by atoms with van der Waals surface area (Å²) in [5.41, 5.74) is 7.49. The van der Waals surface area contributed by atoms with Crippen LogP contribution in [0.15, 0.2) is 11.1 Å². The second kappa shape index (κ2) is 6.56. The molecule has 1 aromatic heterocycles. The molecule has 1 atom stereocenters. The van der Waals surface area contributed by atoms with E-state index in [0.29, 0.717) is 12.4 Å². The number of nitrogens with zero attached hydrogens (tertiary/aromatic N) is 2. The molecule has 29 heavy (non-hydrogen) atoms. The van der Waals surface area contributed by atoms with Gasteiger partial charge in [-0.05, 0) is 80.2 Å². The van der Waals surface area contributed by atoms with Crippen molar-refractivity contribution >= 4 is 22.0 Å². The molecule has 5 rings (SSSR count). The van der Waals surface area contributed by atoms with Gasteiger partial charge in [-0.2, -0.15) is 5.10 Å². The third-order valence-electron chi connectivity index (χ3n) is 6.32. The van der Waals surface area contributed by atoms with Crippen molar-refractivity contribution in [2.75, 3.05) is 5.32 Å². The highest BCUT2D eigenvalue weighted by atomic mass is 32.3. The molecular formula is C20H27N5O3S. The lowest BCUT2D eigenvalue weighted by Crippen LogP contribution is -2.45. The van der Waals surface area contributed by atoms with Gasteiger partial charge < -0.3 is 10.1 Å². The zero-order valence-corrected chi connectivity index (χ0v) is 17.6. The number of urea groups is 1. The normalized spacial score (nSPS) is 20.0.